The highest BCUT2D eigenvalue weighted by Crippen LogP contribution is 2.49. The Balaban J connectivity index is 1.58. The molecule has 3 aromatic heterocycles. The van der Waals surface area contributed by atoms with Gasteiger partial charge >= 0.3 is 7.60 Å². The predicted molar refractivity (Wildman–Crippen MR) is 178 cm³/mol. The topological polar surface area (TPSA) is 92.9 Å². The Morgan fingerprint density at radius 3 is 1.84 bits per heavy atom. The fraction of sp³-hybridized carbons (Fsp3) is 0.257. The monoisotopic (exact) mass is 592 g/mol. The molecule has 1 atom stereocenters. The second-order valence-electron chi connectivity index (χ2n) is 11.1. The van der Waals surface area contributed by atoms with Crippen molar-refractivity contribution in [2.75, 3.05) is 20.4 Å². The molecule has 0 aliphatic carbocycles. The van der Waals surface area contributed by atoms with Crippen LogP contribution in [0.5, 0.6) is 0 Å². The van der Waals surface area contributed by atoms with E-state index in [1.807, 2.05) is 12.2 Å². The van der Waals surface area contributed by atoms with Crippen molar-refractivity contribution < 1.29 is 13.6 Å². The van der Waals surface area contributed by atoms with E-state index in [1.54, 1.807) is 0 Å². The van der Waals surface area contributed by atoms with Gasteiger partial charge in [0, 0.05) is 47.4 Å². The summed E-state index contributed by atoms with van der Waals surface area (Å²) in [6.45, 7) is 4.27. The van der Waals surface area contributed by atoms with Crippen LogP contribution in [0.1, 0.15) is 66.0 Å². The van der Waals surface area contributed by atoms with E-state index in [4.69, 9.17) is 19.0 Å². The Kier molecular flexibility index (Phi) is 8.31. The van der Waals surface area contributed by atoms with Gasteiger partial charge in [0.1, 0.15) is 0 Å². The lowest BCUT2D eigenvalue weighted by Gasteiger charge is -2.21. The van der Waals surface area contributed by atoms with E-state index in [0.29, 0.717) is 12.6 Å². The molecule has 0 saturated carbocycles. The minimum Gasteiger partial charge on any atom is -0.355 e. The van der Waals surface area contributed by atoms with Crippen LogP contribution < -0.4 is 0 Å². The molecule has 1 unspecified atom stereocenters. The van der Waals surface area contributed by atoms with Crippen LogP contribution in [0.3, 0.4) is 0 Å². The van der Waals surface area contributed by atoms with Crippen molar-refractivity contribution >= 4 is 54.0 Å². The summed E-state index contributed by atoms with van der Waals surface area (Å²) in [5, 5.41) is 0. The highest BCUT2D eigenvalue weighted by Gasteiger charge is 2.27. The second kappa shape index (κ2) is 12.3. The number of hydrogen-bond donors (Lipinski definition) is 2. The Morgan fingerprint density at radius 1 is 0.767 bits per heavy atom. The number of rotatable bonds is 9. The lowest BCUT2D eigenvalue weighted by Crippen LogP contribution is -2.08. The maximum Gasteiger partial charge on any atom is 0.330 e. The number of benzene rings is 1. The van der Waals surface area contributed by atoms with Gasteiger partial charge in [-0.1, -0.05) is 43.2 Å². The summed E-state index contributed by atoms with van der Waals surface area (Å²) in [6.07, 6.45) is 11.1. The fourth-order valence-electron chi connectivity index (χ4n) is 5.90. The fourth-order valence-corrected chi connectivity index (χ4v) is 7.04. The van der Waals surface area contributed by atoms with Crippen LogP contribution in [-0.2, 0) is 13.6 Å². The molecule has 2 N–H and O–H groups in total. The number of H-pyrrole nitrogens is 2. The average molecular weight is 593 g/mol. The molecule has 220 valence electrons. The average Bonchev–Trinajstić information content (AvgIpc) is 3.83. The van der Waals surface area contributed by atoms with Gasteiger partial charge in [-0.05, 0) is 91.9 Å². The molecule has 6 rings (SSSR count). The first-order valence-corrected chi connectivity index (χ1v) is 16.5. The second-order valence-corrected chi connectivity index (χ2v) is 13.5. The molecule has 1 aromatic carbocycles. The van der Waals surface area contributed by atoms with Crippen molar-refractivity contribution in [3.63, 3.8) is 0 Å². The van der Waals surface area contributed by atoms with Crippen LogP contribution in [0, 0.1) is 6.92 Å². The zero-order valence-electron chi connectivity index (χ0n) is 25.1. The van der Waals surface area contributed by atoms with E-state index in [9.17, 15) is 4.57 Å². The summed E-state index contributed by atoms with van der Waals surface area (Å²) in [4.78, 5) is 17.4. The Hall–Kier alpha value is -4.03. The summed E-state index contributed by atoms with van der Waals surface area (Å²) in [7, 11) is -0.266. The Morgan fingerprint density at radius 2 is 1.33 bits per heavy atom. The van der Waals surface area contributed by atoms with Crippen LogP contribution in [0.25, 0.3) is 57.5 Å². The van der Waals surface area contributed by atoms with E-state index in [1.165, 1.54) is 19.8 Å². The third-order valence-corrected chi connectivity index (χ3v) is 10.0. The predicted octanol–water partition coefficient (Wildman–Crippen LogP) is 9.39. The van der Waals surface area contributed by atoms with Crippen LogP contribution in [0.4, 0.5) is 0 Å². The standard InChI is InChI=1S/C35H37N4O3P/c1-5-6-24(19-20-43(40,41-3)42-4)34-30-15-11-26(36-30)21-28-13-17-32(38-28)35(25-9-7-23(2)8-10-25)33-18-14-29(39-33)22-27-12-16-31(34)37-27/h7-18,21-22,24,38-39H,5-6,19-20H2,1-4H3. The highest BCUT2D eigenvalue weighted by atomic mass is 31.2. The molecular formula is C35H37N4O3P. The van der Waals surface area contributed by atoms with Crippen molar-refractivity contribution in [1.29, 1.82) is 0 Å². The summed E-state index contributed by atoms with van der Waals surface area (Å²) >= 11 is 0. The molecule has 2 aliphatic rings. The molecule has 8 bridgehead atoms. The maximum absolute atomic E-state index is 13.0. The number of nitrogens with one attached hydrogen (secondary N) is 2. The molecule has 0 radical (unpaired) electrons. The van der Waals surface area contributed by atoms with Crippen molar-refractivity contribution in [3.05, 3.63) is 94.6 Å². The van der Waals surface area contributed by atoms with Gasteiger partial charge in [0.05, 0.1) is 28.9 Å². The summed E-state index contributed by atoms with van der Waals surface area (Å²) in [6, 6.07) is 21.2. The van der Waals surface area contributed by atoms with Gasteiger partial charge in [-0.3, -0.25) is 4.57 Å². The largest absolute Gasteiger partial charge is 0.355 e. The summed E-state index contributed by atoms with van der Waals surface area (Å²) < 4.78 is 23.5. The summed E-state index contributed by atoms with van der Waals surface area (Å²) in [5.74, 6) is 0.0776. The van der Waals surface area contributed by atoms with Crippen molar-refractivity contribution in [1.82, 2.24) is 19.9 Å². The van der Waals surface area contributed by atoms with Gasteiger partial charge in [0.15, 0.2) is 0 Å². The molecule has 4 aromatic rings. The van der Waals surface area contributed by atoms with E-state index in [2.05, 4.69) is 96.6 Å². The van der Waals surface area contributed by atoms with Crippen LogP contribution in [0.2, 0.25) is 0 Å². The van der Waals surface area contributed by atoms with Crippen LogP contribution in [-0.4, -0.2) is 40.3 Å². The zero-order valence-corrected chi connectivity index (χ0v) is 25.9. The quantitative estimate of drug-likeness (QED) is 0.163. The van der Waals surface area contributed by atoms with Crippen molar-refractivity contribution in [2.45, 2.75) is 39.0 Å². The zero-order chi connectivity index (χ0) is 30.0. The minimum atomic E-state index is -3.15. The first-order valence-electron chi connectivity index (χ1n) is 14.8. The van der Waals surface area contributed by atoms with Gasteiger partial charge in [-0.2, -0.15) is 0 Å². The number of nitrogens with zero attached hydrogens (tertiary/aromatic N) is 2. The van der Waals surface area contributed by atoms with Gasteiger partial charge in [-0.15, -0.1) is 0 Å². The number of aromatic nitrogens is 4. The SMILES string of the molecule is CCCC(CCP(=O)(OC)OC)c1c2nc(cc3ccc([nH]3)c(-c3ccc(C)cc3)c3ccc(cc4nc1C=C4)[nH]3)C=C2. The molecule has 0 fully saturated rings. The smallest absolute Gasteiger partial charge is 0.330 e. The number of aryl methyl sites for hydroxylation is 1. The Bertz CT molecular complexity index is 1810. The van der Waals surface area contributed by atoms with E-state index in [0.717, 1.165) is 74.4 Å². The molecular weight excluding hydrogens is 555 g/mol. The lowest BCUT2D eigenvalue weighted by atomic mass is 9.89. The maximum atomic E-state index is 13.0. The Labute approximate surface area is 252 Å². The van der Waals surface area contributed by atoms with E-state index < -0.39 is 7.60 Å². The molecule has 0 amide bonds. The van der Waals surface area contributed by atoms with E-state index >= 15 is 0 Å². The van der Waals surface area contributed by atoms with E-state index in [-0.39, 0.29) is 5.92 Å². The summed E-state index contributed by atoms with van der Waals surface area (Å²) in [5.41, 5.74) is 12.0. The normalized spacial score (nSPS) is 13.5. The third-order valence-electron chi connectivity index (χ3n) is 8.13. The molecule has 8 heteroatoms. The van der Waals surface area contributed by atoms with Gasteiger partial charge in [0.25, 0.3) is 0 Å². The molecule has 0 spiro atoms. The van der Waals surface area contributed by atoms with Gasteiger partial charge in [0.2, 0.25) is 0 Å². The number of aromatic amines is 2. The van der Waals surface area contributed by atoms with Gasteiger partial charge < -0.3 is 19.0 Å². The van der Waals surface area contributed by atoms with Gasteiger partial charge in [-0.25, -0.2) is 9.97 Å². The number of fused-ring (bicyclic) bond motifs is 8. The van der Waals surface area contributed by atoms with Crippen LogP contribution in [0.15, 0.2) is 60.7 Å². The lowest BCUT2D eigenvalue weighted by molar-refractivity contribution is 0.274. The van der Waals surface area contributed by atoms with Crippen LogP contribution >= 0.6 is 7.60 Å². The minimum absolute atomic E-state index is 0.0776. The molecule has 43 heavy (non-hydrogen) atoms. The highest BCUT2D eigenvalue weighted by molar-refractivity contribution is 7.53. The molecule has 7 nitrogen and oxygen atoms in total. The molecule has 0 saturated heterocycles. The first kappa shape index (κ1) is 29.1. The number of hydrogen-bond acceptors (Lipinski definition) is 5. The third kappa shape index (κ3) is 6.21. The first-order chi connectivity index (χ1) is 20.9. The van der Waals surface area contributed by atoms with Crippen molar-refractivity contribution in [2.24, 2.45) is 0 Å². The molecule has 2 aliphatic heterocycles. The molecule has 5 heterocycles. The van der Waals surface area contributed by atoms with Crippen molar-refractivity contribution in [3.8, 4) is 11.1 Å².